The topological polar surface area (TPSA) is 102 Å². The Hall–Kier alpha value is -1.51. The van der Waals surface area contributed by atoms with Crippen LogP contribution in [0.2, 0.25) is 10.0 Å². The first-order valence-corrected chi connectivity index (χ1v) is 7.90. The van der Waals surface area contributed by atoms with Crippen molar-refractivity contribution in [2.75, 3.05) is 0 Å². The number of hydrogen-bond donors (Lipinski definition) is 2. The average molecular weight is 362 g/mol. The van der Waals surface area contributed by atoms with Gasteiger partial charge in [-0.25, -0.2) is 4.79 Å². The number of carbonyl (C=O) groups excluding carboxylic acids is 2. The molecule has 0 aliphatic rings. The molecule has 0 aliphatic carbocycles. The molecule has 118 valence electrons. The van der Waals surface area contributed by atoms with E-state index >= 15 is 0 Å². The van der Waals surface area contributed by atoms with Crippen molar-refractivity contribution >= 4 is 52.5 Å². The van der Waals surface area contributed by atoms with Crippen molar-refractivity contribution in [1.82, 2.24) is 19.9 Å². The quantitative estimate of drug-likeness (QED) is 0.813. The zero-order valence-electron chi connectivity index (χ0n) is 11.7. The molecule has 10 heteroatoms. The first kappa shape index (κ1) is 16.9. The maximum Gasteiger partial charge on any atom is 0.318 e. The summed E-state index contributed by atoms with van der Waals surface area (Å²) in [6, 6.07) is 0.662. The van der Waals surface area contributed by atoms with Gasteiger partial charge in [0.2, 0.25) is 5.91 Å². The smallest absolute Gasteiger partial charge is 0.318 e. The monoisotopic (exact) mass is 361 g/mol. The van der Waals surface area contributed by atoms with Crippen LogP contribution in [0.15, 0.2) is 17.4 Å². The van der Waals surface area contributed by atoms with E-state index in [0.717, 1.165) is 11.8 Å². The number of nitrogens with two attached hydrogens (primary N) is 1. The minimum Gasteiger partial charge on any atom is -0.351 e. The molecule has 22 heavy (non-hydrogen) atoms. The van der Waals surface area contributed by atoms with Crippen LogP contribution >= 0.6 is 35.0 Å². The van der Waals surface area contributed by atoms with Crippen LogP contribution in [-0.4, -0.2) is 31.8 Å². The highest BCUT2D eigenvalue weighted by atomic mass is 35.5. The fourth-order valence-electron chi connectivity index (χ4n) is 1.78. The first-order valence-electron chi connectivity index (χ1n) is 6.26. The molecule has 0 saturated carbocycles. The van der Waals surface area contributed by atoms with Gasteiger partial charge >= 0.3 is 6.03 Å². The van der Waals surface area contributed by atoms with Gasteiger partial charge in [-0.2, -0.15) is 0 Å². The number of amides is 3. The lowest BCUT2D eigenvalue weighted by atomic mass is 10.1. The maximum absolute atomic E-state index is 12.0. The van der Waals surface area contributed by atoms with Gasteiger partial charge in [0.15, 0.2) is 10.8 Å². The summed E-state index contributed by atoms with van der Waals surface area (Å²) in [6.45, 7) is 3.70. The normalized spacial score (nSPS) is 12.6. The minimum atomic E-state index is -0.895. The molecule has 0 fully saturated rings. The van der Waals surface area contributed by atoms with Crippen LogP contribution in [0.1, 0.15) is 13.8 Å². The molecule has 3 amide bonds. The number of nitrogens with one attached hydrogen (secondary N) is 1. The number of primary amides is 1. The molecule has 2 aromatic heterocycles. The van der Waals surface area contributed by atoms with Crippen LogP contribution in [0, 0.1) is 5.92 Å². The van der Waals surface area contributed by atoms with Gasteiger partial charge in [-0.05, 0) is 12.0 Å². The van der Waals surface area contributed by atoms with E-state index < -0.39 is 17.2 Å². The Morgan fingerprint density at radius 1 is 1.36 bits per heavy atom. The third kappa shape index (κ3) is 3.63. The van der Waals surface area contributed by atoms with Crippen LogP contribution in [0.5, 0.6) is 0 Å². The number of nitrogens with zero attached hydrogens (tertiary/aromatic N) is 3. The predicted octanol–water partition coefficient (Wildman–Crippen LogP) is 2.35. The van der Waals surface area contributed by atoms with Gasteiger partial charge in [-0.1, -0.05) is 48.8 Å². The van der Waals surface area contributed by atoms with E-state index in [2.05, 4.69) is 15.5 Å². The highest BCUT2D eigenvalue weighted by molar-refractivity contribution is 8.00. The summed E-state index contributed by atoms with van der Waals surface area (Å²) < 4.78 is 1.60. The summed E-state index contributed by atoms with van der Waals surface area (Å²) in [7, 11) is 0. The second-order valence-corrected chi connectivity index (χ2v) is 6.77. The molecule has 1 atom stereocenters. The van der Waals surface area contributed by atoms with Crippen molar-refractivity contribution in [1.29, 1.82) is 0 Å². The van der Waals surface area contributed by atoms with Crippen LogP contribution < -0.4 is 11.1 Å². The summed E-state index contributed by atoms with van der Waals surface area (Å²) >= 11 is 13.2. The van der Waals surface area contributed by atoms with Crippen molar-refractivity contribution in [3.8, 4) is 0 Å². The second kappa shape index (κ2) is 6.72. The molecule has 7 nitrogen and oxygen atoms in total. The van der Waals surface area contributed by atoms with Crippen LogP contribution in [-0.2, 0) is 4.79 Å². The molecule has 0 radical (unpaired) electrons. The molecule has 0 saturated heterocycles. The van der Waals surface area contributed by atoms with Gasteiger partial charge < -0.3 is 5.73 Å². The second-order valence-electron chi connectivity index (χ2n) is 4.82. The Kier molecular flexibility index (Phi) is 5.15. The molecule has 1 unspecified atom stereocenters. The third-order valence-corrected chi connectivity index (χ3v) is 4.72. The number of fused-ring (bicyclic) bond motifs is 1. The van der Waals surface area contributed by atoms with Gasteiger partial charge in [0.1, 0.15) is 0 Å². The Morgan fingerprint density at radius 3 is 2.64 bits per heavy atom. The molecule has 0 aromatic carbocycles. The Morgan fingerprint density at radius 2 is 2.05 bits per heavy atom. The molecule has 2 aromatic rings. The molecule has 0 spiro atoms. The lowest BCUT2D eigenvalue weighted by Crippen LogP contribution is -2.42. The standard InChI is InChI=1S/C12H13Cl2N5O2S/c1-5(2)8(10(20)16-11(15)21)22-12-18-17-9-7(14)3-6(13)4-19(9)12/h3-5,8H,1-2H3,(H3,15,16,20,21). The van der Waals surface area contributed by atoms with E-state index in [0.29, 0.717) is 20.8 Å². The Bertz CT molecular complexity index is 734. The molecule has 2 heterocycles. The number of aromatic nitrogens is 3. The molecule has 0 bridgehead atoms. The highest BCUT2D eigenvalue weighted by Gasteiger charge is 2.27. The summed E-state index contributed by atoms with van der Waals surface area (Å²) in [6.07, 6.45) is 1.61. The van der Waals surface area contributed by atoms with Crippen molar-refractivity contribution < 1.29 is 9.59 Å². The van der Waals surface area contributed by atoms with Gasteiger partial charge in [0.25, 0.3) is 0 Å². The number of carbonyl (C=O) groups is 2. The van der Waals surface area contributed by atoms with Crippen LogP contribution in [0.3, 0.4) is 0 Å². The fourth-order valence-corrected chi connectivity index (χ4v) is 3.30. The SMILES string of the molecule is CC(C)C(Sc1nnc2c(Cl)cc(Cl)cn12)C(=O)NC(N)=O. The number of urea groups is 1. The van der Waals surface area contributed by atoms with Gasteiger partial charge in [-0.3, -0.25) is 14.5 Å². The van der Waals surface area contributed by atoms with Crippen molar-refractivity contribution in [3.63, 3.8) is 0 Å². The zero-order chi connectivity index (χ0) is 16.4. The maximum atomic E-state index is 12.0. The highest BCUT2D eigenvalue weighted by Crippen LogP contribution is 2.30. The van der Waals surface area contributed by atoms with E-state index in [-0.39, 0.29) is 5.92 Å². The van der Waals surface area contributed by atoms with Crippen LogP contribution in [0.4, 0.5) is 4.79 Å². The number of rotatable bonds is 4. The van der Waals surface area contributed by atoms with Gasteiger partial charge in [-0.15, -0.1) is 10.2 Å². The van der Waals surface area contributed by atoms with Crippen molar-refractivity contribution in [2.24, 2.45) is 11.7 Å². The van der Waals surface area contributed by atoms with E-state index in [1.54, 1.807) is 16.7 Å². The largest absolute Gasteiger partial charge is 0.351 e. The molecular weight excluding hydrogens is 349 g/mol. The van der Waals surface area contributed by atoms with Crippen molar-refractivity contribution in [2.45, 2.75) is 24.3 Å². The van der Waals surface area contributed by atoms with E-state index in [1.807, 2.05) is 13.8 Å². The van der Waals surface area contributed by atoms with E-state index in [4.69, 9.17) is 28.9 Å². The van der Waals surface area contributed by atoms with E-state index in [1.165, 1.54) is 0 Å². The minimum absolute atomic E-state index is 0.0636. The lowest BCUT2D eigenvalue weighted by molar-refractivity contribution is -0.120. The van der Waals surface area contributed by atoms with E-state index in [9.17, 15) is 9.59 Å². The summed E-state index contributed by atoms with van der Waals surface area (Å²) in [5.41, 5.74) is 5.42. The van der Waals surface area contributed by atoms with Crippen molar-refractivity contribution in [3.05, 3.63) is 22.3 Å². The molecule has 2 rings (SSSR count). The molecule has 0 aliphatic heterocycles. The number of imide groups is 1. The number of pyridine rings is 1. The molecular formula is C12H13Cl2N5O2S. The number of halogens is 2. The summed E-state index contributed by atoms with van der Waals surface area (Å²) in [4.78, 5) is 22.9. The average Bonchev–Trinajstić information content (AvgIpc) is 2.77. The van der Waals surface area contributed by atoms with Gasteiger partial charge in [0.05, 0.1) is 15.3 Å². The summed E-state index contributed by atoms with van der Waals surface area (Å²) in [5.74, 6) is -0.552. The lowest BCUT2D eigenvalue weighted by Gasteiger charge is -2.17. The molecule has 3 N–H and O–H groups in total. The number of hydrogen-bond acceptors (Lipinski definition) is 5. The third-order valence-electron chi connectivity index (χ3n) is 2.74. The summed E-state index contributed by atoms with van der Waals surface area (Å²) in [5, 5.41) is 10.7. The number of thioether (sulfide) groups is 1. The van der Waals surface area contributed by atoms with Crippen LogP contribution in [0.25, 0.3) is 5.65 Å². The zero-order valence-corrected chi connectivity index (χ0v) is 14.0. The Labute approximate surface area is 140 Å². The predicted molar refractivity (Wildman–Crippen MR) is 85.2 cm³/mol. The van der Waals surface area contributed by atoms with Gasteiger partial charge in [0, 0.05) is 6.20 Å². The Balaban J connectivity index is 2.35. The fraction of sp³-hybridized carbons (Fsp3) is 0.333. The first-order chi connectivity index (χ1) is 10.3.